The van der Waals surface area contributed by atoms with E-state index >= 15 is 0 Å². The third kappa shape index (κ3) is 6.25. The highest BCUT2D eigenvalue weighted by Gasteiger charge is 2.34. The van der Waals surface area contributed by atoms with Crippen molar-refractivity contribution in [2.24, 2.45) is 0 Å². The van der Waals surface area contributed by atoms with Crippen LogP contribution in [0.3, 0.4) is 0 Å². The average molecular weight is 570 g/mol. The molecule has 40 heavy (non-hydrogen) atoms. The molecule has 0 unspecified atom stereocenters. The summed E-state index contributed by atoms with van der Waals surface area (Å²) in [6, 6.07) is 7.16. The van der Waals surface area contributed by atoms with E-state index in [1.165, 1.54) is 25.4 Å². The van der Waals surface area contributed by atoms with Crippen LogP contribution in [0.1, 0.15) is 39.0 Å². The highest BCUT2D eigenvalue weighted by molar-refractivity contribution is 7.16. The van der Waals surface area contributed by atoms with Crippen molar-refractivity contribution in [3.05, 3.63) is 70.0 Å². The molecule has 9 nitrogen and oxygen atoms in total. The van der Waals surface area contributed by atoms with Gasteiger partial charge in [-0.05, 0) is 42.1 Å². The smallest absolute Gasteiger partial charge is 0.416 e. The van der Waals surface area contributed by atoms with Crippen LogP contribution in [0, 0.1) is 11.8 Å². The molecule has 3 aromatic heterocycles. The van der Waals surface area contributed by atoms with Gasteiger partial charge in [0.05, 0.1) is 29.9 Å². The zero-order valence-electron chi connectivity index (χ0n) is 21.8. The third-order valence-electron chi connectivity index (χ3n) is 6.57. The number of nitrogens with one attached hydrogen (secondary N) is 1. The average Bonchev–Trinajstić information content (AvgIpc) is 3.57. The summed E-state index contributed by atoms with van der Waals surface area (Å²) in [5.74, 6) is 5.64. The van der Waals surface area contributed by atoms with Crippen molar-refractivity contribution >= 4 is 28.0 Å². The number of rotatable bonds is 6. The summed E-state index contributed by atoms with van der Waals surface area (Å²) >= 11 is 1.10. The number of carbonyl (C=O) groups excluding carboxylic acids is 1. The van der Waals surface area contributed by atoms with E-state index in [4.69, 9.17) is 4.74 Å². The number of ether oxygens (including phenoxy) is 1. The minimum absolute atomic E-state index is 0.0968. The van der Waals surface area contributed by atoms with E-state index in [2.05, 4.69) is 44.0 Å². The number of aromatic nitrogens is 4. The maximum atomic E-state index is 13.9. The highest BCUT2D eigenvalue weighted by Crippen LogP contribution is 2.34. The molecule has 13 heteroatoms. The van der Waals surface area contributed by atoms with Gasteiger partial charge < -0.3 is 9.64 Å². The molecule has 4 aromatic rings. The maximum absolute atomic E-state index is 13.9. The molecule has 208 valence electrons. The van der Waals surface area contributed by atoms with Crippen LogP contribution in [0.15, 0.2) is 42.7 Å². The summed E-state index contributed by atoms with van der Waals surface area (Å²) in [4.78, 5) is 26.0. The Hall–Kier alpha value is -3.99. The minimum atomic E-state index is -4.59. The number of fused-ring (bicyclic) bond motifs is 1. The van der Waals surface area contributed by atoms with Crippen LogP contribution < -0.4 is 10.1 Å². The molecule has 0 atom stereocenters. The predicted octanol–water partition coefficient (Wildman–Crippen LogP) is 4.00. The lowest BCUT2D eigenvalue weighted by molar-refractivity contribution is -0.138. The Labute approximate surface area is 232 Å². The van der Waals surface area contributed by atoms with E-state index in [-0.39, 0.29) is 22.8 Å². The summed E-state index contributed by atoms with van der Waals surface area (Å²) in [5, 5.41) is 7.09. The van der Waals surface area contributed by atoms with E-state index < -0.39 is 17.6 Å². The lowest BCUT2D eigenvalue weighted by atomic mass is 10.0. The summed E-state index contributed by atoms with van der Waals surface area (Å²) in [6.07, 6.45) is -1.53. The van der Waals surface area contributed by atoms with Crippen molar-refractivity contribution in [3.63, 3.8) is 0 Å². The quantitative estimate of drug-likeness (QED) is 0.351. The van der Waals surface area contributed by atoms with E-state index in [1.807, 2.05) is 4.90 Å². The molecule has 4 heterocycles. The number of amides is 1. The van der Waals surface area contributed by atoms with Gasteiger partial charge in [0.1, 0.15) is 5.69 Å². The second-order valence-corrected chi connectivity index (χ2v) is 10.1. The van der Waals surface area contributed by atoms with Crippen LogP contribution in [-0.4, -0.2) is 75.1 Å². The number of hydrogen-bond acceptors (Lipinski definition) is 8. The summed E-state index contributed by atoms with van der Waals surface area (Å²) in [6.45, 7) is 6.22. The molecule has 5 rings (SSSR count). The highest BCUT2D eigenvalue weighted by atomic mass is 32.1. The fraction of sp³-hybridized carbons (Fsp3) is 0.333. The molecule has 0 spiro atoms. The molecule has 1 aromatic carbocycles. The van der Waals surface area contributed by atoms with Crippen LogP contribution in [0.25, 0.3) is 5.65 Å². The van der Waals surface area contributed by atoms with E-state index in [1.54, 1.807) is 22.8 Å². The zero-order chi connectivity index (χ0) is 28.3. The van der Waals surface area contributed by atoms with Gasteiger partial charge in [0.15, 0.2) is 10.8 Å². The van der Waals surface area contributed by atoms with Crippen LogP contribution in [-0.2, 0) is 12.7 Å². The Morgan fingerprint density at radius 2 is 1.85 bits per heavy atom. The lowest BCUT2D eigenvalue weighted by Gasteiger charge is -2.34. The van der Waals surface area contributed by atoms with Gasteiger partial charge >= 0.3 is 6.18 Å². The summed E-state index contributed by atoms with van der Waals surface area (Å²) in [5.41, 5.74) is 0.383. The zero-order valence-corrected chi connectivity index (χ0v) is 22.6. The normalized spacial score (nSPS) is 14.6. The number of benzene rings is 1. The number of nitrogens with zero attached hydrogens (tertiary/aromatic N) is 6. The SMILES string of the molecule is CCN1CCN(Cc2ccc(C(=O)Nc3ncc(C#Cc4cnc5ccc(OC)nn45)s3)cc2C(F)(F)F)CC1. The standard InChI is InChI=1S/C27H26F3N7O2S/c1-3-35-10-12-36(13-11-35)17-19-5-4-18(14-22(19)27(28,29)30)25(38)33-26-32-16-21(40-26)7-6-20-15-31-23-8-9-24(39-2)34-37(20)23/h4-5,8-9,14-16H,3,10-13,17H2,1-2H3,(H,32,33,38). The molecule has 1 amide bonds. The molecule has 1 aliphatic rings. The Kier molecular flexibility index (Phi) is 8.02. The van der Waals surface area contributed by atoms with Gasteiger partial charge in [-0.25, -0.2) is 14.5 Å². The molecular formula is C27H26F3N7O2S. The molecule has 0 bridgehead atoms. The van der Waals surface area contributed by atoms with Gasteiger partial charge in [-0.1, -0.05) is 24.3 Å². The van der Waals surface area contributed by atoms with Gasteiger partial charge in [0.25, 0.3) is 5.91 Å². The number of likely N-dealkylation sites (N-methyl/N-ethyl adjacent to an activating group) is 1. The predicted molar refractivity (Wildman–Crippen MR) is 144 cm³/mol. The van der Waals surface area contributed by atoms with Crippen molar-refractivity contribution in [2.45, 2.75) is 19.6 Å². The first-order valence-electron chi connectivity index (χ1n) is 12.6. The van der Waals surface area contributed by atoms with Crippen molar-refractivity contribution in [1.29, 1.82) is 0 Å². The number of piperazine rings is 1. The van der Waals surface area contributed by atoms with Crippen molar-refractivity contribution < 1.29 is 22.7 Å². The number of alkyl halides is 3. The lowest BCUT2D eigenvalue weighted by Crippen LogP contribution is -2.45. The van der Waals surface area contributed by atoms with Crippen LogP contribution in [0.4, 0.5) is 18.3 Å². The van der Waals surface area contributed by atoms with Crippen molar-refractivity contribution in [3.8, 4) is 17.7 Å². The monoisotopic (exact) mass is 569 g/mol. The molecule has 1 N–H and O–H groups in total. The molecule has 1 fully saturated rings. The number of imidazole rings is 1. The van der Waals surface area contributed by atoms with Gasteiger partial charge in [-0.2, -0.15) is 13.2 Å². The number of halogens is 3. The van der Waals surface area contributed by atoms with Gasteiger partial charge in [0.2, 0.25) is 5.88 Å². The Morgan fingerprint density at radius 3 is 2.58 bits per heavy atom. The molecular weight excluding hydrogens is 543 g/mol. The first-order valence-corrected chi connectivity index (χ1v) is 13.4. The second kappa shape index (κ2) is 11.6. The molecule has 0 radical (unpaired) electrons. The molecule has 0 saturated carbocycles. The summed E-state index contributed by atoms with van der Waals surface area (Å²) in [7, 11) is 1.51. The van der Waals surface area contributed by atoms with Crippen LogP contribution in [0.5, 0.6) is 5.88 Å². The number of anilines is 1. The largest absolute Gasteiger partial charge is 0.480 e. The maximum Gasteiger partial charge on any atom is 0.416 e. The van der Waals surface area contributed by atoms with Gasteiger partial charge in [-0.3, -0.25) is 15.0 Å². The van der Waals surface area contributed by atoms with E-state index in [0.717, 1.165) is 37.0 Å². The fourth-order valence-corrected chi connectivity index (χ4v) is 5.02. The van der Waals surface area contributed by atoms with Crippen molar-refractivity contribution in [2.75, 3.05) is 45.2 Å². The Balaban J connectivity index is 1.28. The first-order chi connectivity index (χ1) is 19.2. The Morgan fingerprint density at radius 1 is 1.07 bits per heavy atom. The van der Waals surface area contributed by atoms with E-state index in [0.29, 0.717) is 35.2 Å². The van der Waals surface area contributed by atoms with Crippen LogP contribution in [0.2, 0.25) is 0 Å². The Bertz CT molecular complexity index is 1580. The molecule has 1 saturated heterocycles. The molecule has 0 aliphatic carbocycles. The topological polar surface area (TPSA) is 87.9 Å². The van der Waals surface area contributed by atoms with Gasteiger partial charge in [-0.15, -0.1) is 5.10 Å². The van der Waals surface area contributed by atoms with Crippen LogP contribution >= 0.6 is 11.3 Å². The number of thiazole rings is 1. The second-order valence-electron chi connectivity index (χ2n) is 9.10. The third-order valence-corrected chi connectivity index (χ3v) is 7.40. The number of carbonyl (C=O) groups is 1. The molecule has 1 aliphatic heterocycles. The number of methoxy groups -OCH3 is 1. The minimum Gasteiger partial charge on any atom is -0.480 e. The first kappa shape index (κ1) is 27.6. The number of hydrogen-bond donors (Lipinski definition) is 1. The fourth-order valence-electron chi connectivity index (χ4n) is 4.36. The van der Waals surface area contributed by atoms with E-state index in [9.17, 15) is 18.0 Å². The summed E-state index contributed by atoms with van der Waals surface area (Å²) < 4.78 is 48.5. The van der Waals surface area contributed by atoms with Crippen molar-refractivity contribution in [1.82, 2.24) is 29.4 Å². The van der Waals surface area contributed by atoms with Gasteiger partial charge in [0, 0.05) is 44.4 Å².